The first-order chi connectivity index (χ1) is 18.7. The molecule has 0 radical (unpaired) electrons. The van der Waals surface area contributed by atoms with Gasteiger partial charge in [-0.05, 0) is 52.4 Å². The summed E-state index contributed by atoms with van der Waals surface area (Å²) in [5, 5.41) is 13.1. The Morgan fingerprint density at radius 2 is 1.73 bits per heavy atom. The maximum Gasteiger partial charge on any atom is 0.433 e. The number of aromatic nitrogens is 3. The third-order valence-electron chi connectivity index (χ3n) is 7.42. The Balaban J connectivity index is 1.67. The van der Waals surface area contributed by atoms with Crippen LogP contribution in [0.5, 0.6) is 0 Å². The van der Waals surface area contributed by atoms with Crippen LogP contribution in [0.1, 0.15) is 84.8 Å². The Morgan fingerprint density at radius 1 is 1.10 bits per heavy atom. The van der Waals surface area contributed by atoms with E-state index in [0.717, 1.165) is 15.8 Å². The topological polar surface area (TPSA) is 115 Å². The van der Waals surface area contributed by atoms with Gasteiger partial charge in [-0.2, -0.15) is 18.3 Å². The SMILES string of the molecule is CC1(C)CC[C@H](CN(CC(=O)c2c(Cl)cncc2Cl)C(=O)c2cnn([C@H]3CC[C@H](C(=O)O)CC3)c2C(F)(F)F)O1. The van der Waals surface area contributed by atoms with E-state index in [-0.39, 0.29) is 47.8 Å². The highest BCUT2D eigenvalue weighted by atomic mass is 35.5. The van der Waals surface area contributed by atoms with Crippen molar-refractivity contribution in [1.29, 1.82) is 0 Å². The number of nitrogens with zero attached hydrogens (tertiary/aromatic N) is 4. The number of carboxylic acid groups (broad SMARTS) is 1. The summed E-state index contributed by atoms with van der Waals surface area (Å²) in [6, 6.07) is -0.725. The zero-order chi connectivity index (χ0) is 29.4. The Labute approximate surface area is 238 Å². The Kier molecular flexibility index (Phi) is 8.82. The van der Waals surface area contributed by atoms with Crippen molar-refractivity contribution in [3.63, 3.8) is 0 Å². The Bertz CT molecular complexity index is 1270. The first-order valence-corrected chi connectivity index (χ1v) is 13.6. The molecule has 40 heavy (non-hydrogen) atoms. The summed E-state index contributed by atoms with van der Waals surface area (Å²) in [6.45, 7) is 2.99. The average molecular weight is 605 g/mol. The summed E-state index contributed by atoms with van der Waals surface area (Å²) in [4.78, 5) is 43.1. The van der Waals surface area contributed by atoms with E-state index >= 15 is 0 Å². The minimum atomic E-state index is -4.94. The minimum absolute atomic E-state index is 0.0519. The van der Waals surface area contributed by atoms with Gasteiger partial charge in [0.1, 0.15) is 0 Å². The number of alkyl halides is 3. The van der Waals surface area contributed by atoms with Crippen molar-refractivity contribution in [2.45, 2.75) is 76.3 Å². The van der Waals surface area contributed by atoms with Gasteiger partial charge in [0.25, 0.3) is 5.91 Å². The second kappa shape index (κ2) is 11.7. The molecule has 0 aromatic carbocycles. The summed E-state index contributed by atoms with van der Waals surface area (Å²) >= 11 is 12.2. The van der Waals surface area contributed by atoms with E-state index in [1.807, 2.05) is 13.8 Å². The number of pyridine rings is 1. The van der Waals surface area contributed by atoms with Crippen LogP contribution >= 0.6 is 23.2 Å². The van der Waals surface area contributed by atoms with Crippen LogP contribution < -0.4 is 0 Å². The number of halogens is 5. The van der Waals surface area contributed by atoms with Crippen LogP contribution in [0, 0.1) is 5.92 Å². The fourth-order valence-electron chi connectivity index (χ4n) is 5.42. The first-order valence-electron chi connectivity index (χ1n) is 12.8. The second-order valence-electron chi connectivity index (χ2n) is 10.8. The lowest BCUT2D eigenvalue weighted by Crippen LogP contribution is -2.42. The third kappa shape index (κ3) is 6.60. The number of hydrogen-bond donors (Lipinski definition) is 1. The molecule has 0 bridgehead atoms. The normalized spacial score (nSPS) is 22.7. The standard InChI is InChI=1S/C26H29Cl2F3N4O5/c1-25(2)8-7-16(40-25)12-34(13-20(36)21-18(27)10-32-11-19(21)28)23(37)17-9-33-35(22(17)26(29,30)31)15-5-3-14(4-6-15)24(38)39/h9-11,14-16H,3-8,12-13H2,1-2H3,(H,38,39)/t14-,15-,16-/m1/s1. The molecular formula is C26H29Cl2F3N4O5. The van der Waals surface area contributed by atoms with Crippen LogP contribution in [0.4, 0.5) is 13.2 Å². The zero-order valence-electron chi connectivity index (χ0n) is 21.9. The maximum absolute atomic E-state index is 14.4. The summed E-state index contributed by atoms with van der Waals surface area (Å²) in [5.41, 5.74) is -2.52. The number of Topliss-reactive ketones (excluding diaryl/α,β-unsaturated/α-hetero) is 1. The van der Waals surface area contributed by atoms with Crippen LogP contribution in [-0.2, 0) is 15.7 Å². The van der Waals surface area contributed by atoms with Gasteiger partial charge >= 0.3 is 12.1 Å². The number of ketones is 1. The van der Waals surface area contributed by atoms with E-state index in [0.29, 0.717) is 12.8 Å². The van der Waals surface area contributed by atoms with Crippen LogP contribution in [0.2, 0.25) is 10.0 Å². The van der Waals surface area contributed by atoms with Crippen molar-refractivity contribution in [3.8, 4) is 0 Å². The lowest BCUT2D eigenvalue weighted by atomic mass is 9.86. The molecule has 1 saturated carbocycles. The smallest absolute Gasteiger partial charge is 0.433 e. The monoisotopic (exact) mass is 604 g/mol. The number of carboxylic acids is 1. The van der Waals surface area contributed by atoms with Crippen molar-refractivity contribution < 1.29 is 37.4 Å². The highest BCUT2D eigenvalue weighted by molar-refractivity contribution is 6.39. The first kappa shape index (κ1) is 30.3. The van der Waals surface area contributed by atoms with Crippen LogP contribution in [-0.4, -0.2) is 67.2 Å². The molecule has 2 aromatic rings. The molecule has 14 heteroatoms. The lowest BCUT2D eigenvalue weighted by Gasteiger charge is -2.29. The third-order valence-corrected chi connectivity index (χ3v) is 7.99. The highest BCUT2D eigenvalue weighted by Gasteiger charge is 2.44. The van der Waals surface area contributed by atoms with Crippen molar-refractivity contribution in [3.05, 3.63) is 45.5 Å². The van der Waals surface area contributed by atoms with Crippen molar-refractivity contribution in [1.82, 2.24) is 19.7 Å². The molecule has 1 aliphatic carbocycles. The second-order valence-corrected chi connectivity index (χ2v) is 11.6. The molecule has 2 fully saturated rings. The van der Waals surface area contributed by atoms with Crippen molar-refractivity contribution >= 4 is 40.9 Å². The Hall–Kier alpha value is -2.70. The summed E-state index contributed by atoms with van der Waals surface area (Å²) in [6.07, 6.45) is -0.232. The maximum atomic E-state index is 14.4. The molecule has 1 amide bonds. The lowest BCUT2D eigenvalue weighted by molar-refractivity contribution is -0.147. The molecule has 218 valence electrons. The number of aliphatic carboxylic acids is 1. The van der Waals surface area contributed by atoms with Crippen LogP contribution in [0.3, 0.4) is 0 Å². The zero-order valence-corrected chi connectivity index (χ0v) is 23.4. The van der Waals surface area contributed by atoms with E-state index in [9.17, 15) is 32.7 Å². The van der Waals surface area contributed by atoms with Crippen LogP contribution in [0.25, 0.3) is 0 Å². The fourth-order valence-corrected chi connectivity index (χ4v) is 5.99. The van der Waals surface area contributed by atoms with E-state index in [4.69, 9.17) is 27.9 Å². The van der Waals surface area contributed by atoms with Gasteiger partial charge in [0, 0.05) is 18.9 Å². The average Bonchev–Trinajstić information content (AvgIpc) is 3.46. The van der Waals surface area contributed by atoms with Gasteiger partial charge in [-0.15, -0.1) is 0 Å². The minimum Gasteiger partial charge on any atom is -0.481 e. The largest absolute Gasteiger partial charge is 0.481 e. The van der Waals surface area contributed by atoms with Gasteiger partial charge in [-0.1, -0.05) is 23.2 Å². The molecule has 1 N–H and O–H groups in total. The van der Waals surface area contributed by atoms with E-state index < -0.39 is 65.3 Å². The highest BCUT2D eigenvalue weighted by Crippen LogP contribution is 2.39. The summed E-state index contributed by atoms with van der Waals surface area (Å²) in [7, 11) is 0. The Morgan fingerprint density at radius 3 is 2.25 bits per heavy atom. The van der Waals surface area contributed by atoms with E-state index in [1.54, 1.807) is 0 Å². The van der Waals surface area contributed by atoms with Gasteiger partial charge < -0.3 is 14.7 Å². The summed E-state index contributed by atoms with van der Waals surface area (Å²) in [5.74, 6) is -3.33. The van der Waals surface area contributed by atoms with E-state index in [2.05, 4.69) is 10.1 Å². The number of carbonyl (C=O) groups is 3. The number of rotatable bonds is 8. The molecule has 0 unspecified atom stereocenters. The number of hydrogen-bond acceptors (Lipinski definition) is 6. The van der Waals surface area contributed by atoms with Gasteiger partial charge in [0.2, 0.25) is 0 Å². The molecule has 2 aliphatic rings. The fraction of sp³-hybridized carbons (Fsp3) is 0.577. The number of amides is 1. The van der Waals surface area contributed by atoms with Gasteiger partial charge in [0.15, 0.2) is 11.5 Å². The van der Waals surface area contributed by atoms with Gasteiger partial charge in [-0.25, -0.2) is 0 Å². The van der Waals surface area contributed by atoms with E-state index in [1.165, 1.54) is 12.4 Å². The molecule has 3 heterocycles. The molecule has 1 saturated heterocycles. The van der Waals surface area contributed by atoms with Crippen molar-refractivity contribution in [2.75, 3.05) is 13.1 Å². The quantitative estimate of drug-likeness (QED) is 0.384. The number of carbonyl (C=O) groups excluding carboxylic acids is 2. The predicted molar refractivity (Wildman–Crippen MR) is 139 cm³/mol. The number of ether oxygens (including phenoxy) is 1. The van der Waals surface area contributed by atoms with Gasteiger partial charge in [-0.3, -0.25) is 24.0 Å². The molecule has 0 spiro atoms. The predicted octanol–water partition coefficient (Wildman–Crippen LogP) is 5.70. The van der Waals surface area contributed by atoms with Crippen LogP contribution in [0.15, 0.2) is 18.6 Å². The molecule has 1 aliphatic heterocycles. The molecule has 2 aromatic heterocycles. The molecule has 4 rings (SSSR count). The summed E-state index contributed by atoms with van der Waals surface area (Å²) < 4.78 is 50.0. The van der Waals surface area contributed by atoms with Gasteiger partial charge in [0.05, 0.1) is 57.6 Å². The molecule has 1 atom stereocenters. The van der Waals surface area contributed by atoms with Crippen molar-refractivity contribution in [2.24, 2.45) is 5.92 Å². The molecular weight excluding hydrogens is 576 g/mol. The molecule has 9 nitrogen and oxygen atoms in total.